The van der Waals surface area contributed by atoms with Crippen molar-refractivity contribution < 1.29 is 9.47 Å². The van der Waals surface area contributed by atoms with Gasteiger partial charge in [-0.3, -0.25) is 0 Å². The van der Waals surface area contributed by atoms with Crippen LogP contribution in [0.1, 0.15) is 44.3 Å². The van der Waals surface area contributed by atoms with Gasteiger partial charge in [0.2, 0.25) is 0 Å². The molecule has 0 saturated heterocycles. The van der Waals surface area contributed by atoms with E-state index in [2.05, 4.69) is 45.2 Å². The minimum atomic E-state index is -1.96. The average molecular weight is 411 g/mol. The van der Waals surface area contributed by atoms with Gasteiger partial charge in [-0.25, -0.2) is 0 Å². The maximum atomic E-state index is 6.24. The predicted octanol–water partition coefficient (Wildman–Crippen LogP) is 5.64. The Labute approximate surface area is 140 Å². The first-order valence-electron chi connectivity index (χ1n) is 8.78. The van der Waals surface area contributed by atoms with E-state index in [0.717, 1.165) is 3.93 Å². The van der Waals surface area contributed by atoms with E-state index < -0.39 is 18.4 Å². The van der Waals surface area contributed by atoms with Crippen molar-refractivity contribution in [3.05, 3.63) is 35.9 Å². The molecule has 0 aromatic heterocycles. The third kappa shape index (κ3) is 4.97. The molecule has 2 nitrogen and oxygen atoms in total. The number of rotatable bonds is 7. The van der Waals surface area contributed by atoms with Crippen molar-refractivity contribution in [2.75, 3.05) is 13.4 Å². The Balaban J connectivity index is 2.21. The Bertz CT molecular complexity index is 427. The Hall–Kier alpha value is -0.0613. The van der Waals surface area contributed by atoms with Crippen molar-refractivity contribution in [2.24, 2.45) is 5.92 Å². The van der Waals surface area contributed by atoms with Crippen LogP contribution in [0.15, 0.2) is 30.3 Å². The van der Waals surface area contributed by atoms with Crippen LogP contribution in [-0.4, -0.2) is 31.8 Å². The van der Waals surface area contributed by atoms with Crippen LogP contribution >= 0.6 is 0 Å². The van der Waals surface area contributed by atoms with Gasteiger partial charge < -0.3 is 0 Å². The summed E-state index contributed by atoms with van der Waals surface area (Å²) in [6, 6.07) is 10.8. The van der Waals surface area contributed by atoms with Crippen molar-refractivity contribution in [3.63, 3.8) is 0 Å². The Morgan fingerprint density at radius 2 is 1.77 bits per heavy atom. The fourth-order valence-electron chi connectivity index (χ4n) is 3.91. The third-order valence-corrected chi connectivity index (χ3v) is 13.4. The number of benzene rings is 1. The molecule has 124 valence electrons. The predicted molar refractivity (Wildman–Crippen MR) is 95.8 cm³/mol. The van der Waals surface area contributed by atoms with Crippen LogP contribution in [0.2, 0.25) is 18.8 Å². The molecule has 1 aromatic carbocycles. The third-order valence-electron chi connectivity index (χ3n) is 4.98. The van der Waals surface area contributed by atoms with Crippen LogP contribution in [0.25, 0.3) is 0 Å². The van der Waals surface area contributed by atoms with E-state index >= 15 is 0 Å². The van der Waals surface area contributed by atoms with Gasteiger partial charge in [0.05, 0.1) is 0 Å². The zero-order valence-corrected chi connectivity index (χ0v) is 17.5. The van der Waals surface area contributed by atoms with Gasteiger partial charge in [-0.1, -0.05) is 0 Å². The summed E-state index contributed by atoms with van der Waals surface area (Å²) in [5, 5.41) is 0. The molecule has 1 aliphatic rings. The molecule has 1 unspecified atom stereocenters. The fourth-order valence-corrected chi connectivity index (χ4v) is 11.6. The molecule has 0 bridgehead atoms. The molecule has 1 saturated carbocycles. The molecule has 2 rings (SSSR count). The summed E-state index contributed by atoms with van der Waals surface area (Å²) in [5.41, 5.74) is 1.33. The second kappa shape index (κ2) is 8.70. The van der Waals surface area contributed by atoms with Crippen LogP contribution in [0.5, 0.6) is 0 Å². The summed E-state index contributed by atoms with van der Waals surface area (Å²) in [7, 11) is 0. The minimum absolute atomic E-state index is 0.203. The van der Waals surface area contributed by atoms with Gasteiger partial charge in [0.1, 0.15) is 0 Å². The summed E-state index contributed by atoms with van der Waals surface area (Å²) in [4.78, 5) is 7.76. The first-order valence-corrected chi connectivity index (χ1v) is 19.0. The van der Waals surface area contributed by atoms with Crippen molar-refractivity contribution >= 4 is 18.4 Å². The van der Waals surface area contributed by atoms with Crippen LogP contribution in [-0.2, 0) is 9.47 Å². The molecule has 0 aliphatic heterocycles. The molecule has 0 radical (unpaired) electrons. The fraction of sp³-hybridized carbons (Fsp3) is 0.684. The molecule has 1 fully saturated rings. The van der Waals surface area contributed by atoms with E-state index in [1.807, 2.05) is 6.92 Å². The normalized spacial score (nSPS) is 24.2. The first-order chi connectivity index (χ1) is 10.5. The van der Waals surface area contributed by atoms with E-state index in [4.69, 9.17) is 9.47 Å². The summed E-state index contributed by atoms with van der Waals surface area (Å²) >= 11 is -1.96. The van der Waals surface area contributed by atoms with E-state index in [0.29, 0.717) is 19.3 Å². The summed E-state index contributed by atoms with van der Waals surface area (Å²) in [6.07, 6.45) is 5.68. The van der Waals surface area contributed by atoms with Gasteiger partial charge in [-0.15, -0.1) is 0 Å². The van der Waals surface area contributed by atoms with Gasteiger partial charge in [-0.2, -0.15) is 0 Å². The molecule has 0 N–H and O–H groups in total. The van der Waals surface area contributed by atoms with Crippen molar-refractivity contribution in [2.45, 2.75) is 57.5 Å². The van der Waals surface area contributed by atoms with Gasteiger partial charge in [-0.05, 0) is 0 Å². The van der Waals surface area contributed by atoms with E-state index in [1.165, 1.54) is 31.2 Å². The van der Waals surface area contributed by atoms with Crippen molar-refractivity contribution in [3.8, 4) is 0 Å². The maximum absolute atomic E-state index is 6.24. The second-order valence-electron chi connectivity index (χ2n) is 7.53. The second-order valence-corrected chi connectivity index (χ2v) is 23.2. The van der Waals surface area contributed by atoms with E-state index in [1.54, 1.807) is 0 Å². The molecule has 1 aliphatic carbocycles. The molecule has 0 heterocycles. The Kier molecular flexibility index (Phi) is 7.23. The van der Waals surface area contributed by atoms with Crippen LogP contribution in [0, 0.1) is 5.92 Å². The summed E-state index contributed by atoms with van der Waals surface area (Å²) in [6.45, 7) is 3.16. The molecule has 3 heteroatoms. The quantitative estimate of drug-likeness (QED) is 0.329. The van der Waals surface area contributed by atoms with Gasteiger partial charge in [0.25, 0.3) is 0 Å². The molecule has 22 heavy (non-hydrogen) atoms. The summed E-state index contributed by atoms with van der Waals surface area (Å²) < 4.78 is 12.6. The average Bonchev–Trinajstić information content (AvgIpc) is 2.52. The van der Waals surface area contributed by atoms with Crippen LogP contribution in [0.4, 0.5) is 0 Å². The summed E-state index contributed by atoms with van der Waals surface area (Å²) in [5.74, 6) is 0.674. The van der Waals surface area contributed by atoms with Crippen LogP contribution < -0.4 is 0 Å². The standard InChI is InChI=1S/C16H23O2.3CH3.Sn/c1-2-17-13-18-16(14-9-5-3-6-10-14)15-11-7-4-8-12-15;;;;/h3,5-6,9-11,15-16H,2,4,7-8,12-13H2,1H3;3*1H3;/t15-,16?;;;;/m0..../s1. The van der Waals surface area contributed by atoms with E-state index in [9.17, 15) is 0 Å². The molecule has 0 spiro atoms. The van der Waals surface area contributed by atoms with Crippen molar-refractivity contribution in [1.29, 1.82) is 0 Å². The zero-order valence-electron chi connectivity index (χ0n) is 14.7. The van der Waals surface area contributed by atoms with Crippen LogP contribution in [0.3, 0.4) is 0 Å². The number of hydrogen-bond donors (Lipinski definition) is 0. The van der Waals surface area contributed by atoms with Gasteiger partial charge in [0, 0.05) is 0 Å². The monoisotopic (exact) mass is 412 g/mol. The molecule has 3 atom stereocenters. The Morgan fingerprint density at radius 3 is 2.41 bits per heavy atom. The first kappa shape index (κ1) is 18.3. The van der Waals surface area contributed by atoms with Gasteiger partial charge >= 0.3 is 141 Å². The molecular formula is C19H32O2Sn. The topological polar surface area (TPSA) is 18.5 Å². The molecule has 0 amide bonds. The van der Waals surface area contributed by atoms with Gasteiger partial charge in [0.15, 0.2) is 0 Å². The number of hydrogen-bond acceptors (Lipinski definition) is 2. The SMILES string of the molecule is CCOCOC(c1ccccc1)[C@@H]1CCCC[C@H]1[Sn]([CH3])([CH3])[CH3]. The van der Waals surface area contributed by atoms with Crippen molar-refractivity contribution in [1.82, 2.24) is 0 Å². The zero-order chi connectivity index (χ0) is 16.0. The molecule has 1 aromatic rings. The van der Waals surface area contributed by atoms with E-state index in [-0.39, 0.29) is 6.10 Å². The molecular weight excluding hydrogens is 379 g/mol. The number of ether oxygens (including phenoxy) is 2. The Morgan fingerprint density at radius 1 is 1.09 bits per heavy atom.